The van der Waals surface area contributed by atoms with Crippen molar-refractivity contribution >= 4 is 45.2 Å². The van der Waals surface area contributed by atoms with Gasteiger partial charge in [-0.2, -0.15) is 5.26 Å². The van der Waals surface area contributed by atoms with E-state index >= 15 is 0 Å². The van der Waals surface area contributed by atoms with Crippen molar-refractivity contribution in [2.75, 3.05) is 11.9 Å². The molecule has 1 heterocycles. The van der Waals surface area contributed by atoms with E-state index in [9.17, 15) is 19.2 Å². The Morgan fingerprint density at radius 2 is 1.76 bits per heavy atom. The van der Waals surface area contributed by atoms with Crippen LogP contribution < -0.4 is 10.6 Å². The Kier molecular flexibility index (Phi) is 6.04. The number of para-hydroxylation sites is 1. The molecule has 1 aliphatic heterocycles. The van der Waals surface area contributed by atoms with Gasteiger partial charge in [-0.05, 0) is 29.8 Å². The van der Waals surface area contributed by atoms with E-state index in [0.717, 1.165) is 4.90 Å². The fraction of sp³-hybridized carbons (Fsp3) is 0.150. The maximum Gasteiger partial charge on any atom is 0.262 e. The van der Waals surface area contributed by atoms with Gasteiger partial charge in [-0.1, -0.05) is 34.1 Å². The minimum atomic E-state index is -0.523. The van der Waals surface area contributed by atoms with Crippen molar-refractivity contribution in [3.05, 3.63) is 63.6 Å². The predicted molar refractivity (Wildman–Crippen MR) is 107 cm³/mol. The van der Waals surface area contributed by atoms with Crippen LogP contribution in [0.3, 0.4) is 0 Å². The molecule has 0 atom stereocenters. The van der Waals surface area contributed by atoms with E-state index in [-0.39, 0.29) is 24.1 Å². The third-order valence-corrected chi connectivity index (χ3v) is 4.73. The maximum absolute atomic E-state index is 12.4. The lowest BCUT2D eigenvalue weighted by Crippen LogP contribution is -2.40. The summed E-state index contributed by atoms with van der Waals surface area (Å²) in [6.45, 7) is -0.330. The van der Waals surface area contributed by atoms with Gasteiger partial charge in [0.05, 0.1) is 17.2 Å². The molecule has 0 radical (unpaired) electrons. The van der Waals surface area contributed by atoms with Gasteiger partial charge in [-0.25, -0.2) is 0 Å². The first-order chi connectivity index (χ1) is 13.9. The summed E-state index contributed by atoms with van der Waals surface area (Å²) in [5, 5.41) is 13.8. The molecule has 2 aromatic rings. The SMILES string of the molecule is N#CCC(=O)Nc1ccccc1CNC(=O)CN1C(=O)c2ccc(Br)cc2C1=O. The lowest BCUT2D eigenvalue weighted by atomic mass is 10.1. The van der Waals surface area contributed by atoms with Gasteiger partial charge < -0.3 is 10.6 Å². The van der Waals surface area contributed by atoms with E-state index in [1.807, 2.05) is 0 Å². The van der Waals surface area contributed by atoms with Crippen LogP contribution >= 0.6 is 15.9 Å². The van der Waals surface area contributed by atoms with Crippen molar-refractivity contribution in [2.24, 2.45) is 0 Å². The summed E-state index contributed by atoms with van der Waals surface area (Å²) in [5.74, 6) is -2.01. The van der Waals surface area contributed by atoms with Crippen LogP contribution in [-0.4, -0.2) is 35.1 Å². The van der Waals surface area contributed by atoms with Crippen LogP contribution in [0.4, 0.5) is 5.69 Å². The van der Waals surface area contributed by atoms with Gasteiger partial charge in [0.1, 0.15) is 13.0 Å². The minimum absolute atomic E-state index is 0.0799. The van der Waals surface area contributed by atoms with E-state index in [0.29, 0.717) is 15.7 Å². The number of hydrogen-bond donors (Lipinski definition) is 2. The molecule has 2 N–H and O–H groups in total. The number of halogens is 1. The highest BCUT2D eigenvalue weighted by Gasteiger charge is 2.36. The normalized spacial score (nSPS) is 12.3. The molecule has 0 fully saturated rings. The second-order valence-corrected chi connectivity index (χ2v) is 7.12. The zero-order valence-corrected chi connectivity index (χ0v) is 16.7. The molecular formula is C20H15BrN4O4. The summed E-state index contributed by atoms with van der Waals surface area (Å²) in [7, 11) is 0. The highest BCUT2D eigenvalue weighted by Crippen LogP contribution is 2.25. The molecular weight excluding hydrogens is 440 g/mol. The monoisotopic (exact) mass is 454 g/mol. The highest BCUT2D eigenvalue weighted by molar-refractivity contribution is 9.10. The fourth-order valence-corrected chi connectivity index (χ4v) is 3.22. The molecule has 29 heavy (non-hydrogen) atoms. The summed E-state index contributed by atoms with van der Waals surface area (Å²) in [5.41, 5.74) is 1.61. The number of amides is 4. The summed E-state index contributed by atoms with van der Waals surface area (Å²) in [6.07, 6.45) is -0.281. The molecule has 2 aromatic carbocycles. The minimum Gasteiger partial charge on any atom is -0.350 e. The first-order valence-electron chi connectivity index (χ1n) is 8.58. The Bertz CT molecular complexity index is 1060. The van der Waals surface area contributed by atoms with Crippen molar-refractivity contribution in [1.29, 1.82) is 5.26 Å². The lowest BCUT2D eigenvalue weighted by Gasteiger charge is -2.15. The molecule has 0 saturated carbocycles. The van der Waals surface area contributed by atoms with Gasteiger partial charge in [0.25, 0.3) is 11.8 Å². The van der Waals surface area contributed by atoms with Gasteiger partial charge in [0, 0.05) is 16.7 Å². The third kappa shape index (κ3) is 4.50. The van der Waals surface area contributed by atoms with Crippen LogP contribution in [0.5, 0.6) is 0 Å². The van der Waals surface area contributed by atoms with Crippen molar-refractivity contribution < 1.29 is 19.2 Å². The average molecular weight is 455 g/mol. The summed E-state index contributed by atoms with van der Waals surface area (Å²) in [6, 6.07) is 13.3. The second-order valence-electron chi connectivity index (χ2n) is 6.20. The average Bonchev–Trinajstić information content (AvgIpc) is 2.92. The third-order valence-electron chi connectivity index (χ3n) is 4.24. The lowest BCUT2D eigenvalue weighted by molar-refractivity contribution is -0.121. The van der Waals surface area contributed by atoms with E-state index in [2.05, 4.69) is 26.6 Å². The molecule has 3 rings (SSSR count). The van der Waals surface area contributed by atoms with Crippen molar-refractivity contribution in [3.63, 3.8) is 0 Å². The maximum atomic E-state index is 12.4. The van der Waals surface area contributed by atoms with Gasteiger partial charge in [0.15, 0.2) is 0 Å². The van der Waals surface area contributed by atoms with E-state index in [4.69, 9.17) is 5.26 Å². The van der Waals surface area contributed by atoms with Gasteiger partial charge >= 0.3 is 0 Å². The van der Waals surface area contributed by atoms with Crippen LogP contribution in [0.15, 0.2) is 46.9 Å². The van der Waals surface area contributed by atoms with E-state index in [1.165, 1.54) is 6.07 Å². The number of rotatable bonds is 6. The van der Waals surface area contributed by atoms with Crippen molar-refractivity contribution in [2.45, 2.75) is 13.0 Å². The molecule has 0 aliphatic carbocycles. The molecule has 146 valence electrons. The first-order valence-corrected chi connectivity index (χ1v) is 9.37. The Morgan fingerprint density at radius 1 is 1.03 bits per heavy atom. The predicted octanol–water partition coefficient (Wildman–Crippen LogP) is 2.21. The molecule has 4 amide bonds. The molecule has 0 spiro atoms. The number of nitrogens with zero attached hydrogens (tertiary/aromatic N) is 2. The van der Waals surface area contributed by atoms with Crippen LogP contribution in [-0.2, 0) is 16.1 Å². The largest absolute Gasteiger partial charge is 0.350 e. The Morgan fingerprint density at radius 3 is 2.52 bits per heavy atom. The number of hydrogen-bond acceptors (Lipinski definition) is 5. The quantitative estimate of drug-likeness (QED) is 0.648. The molecule has 8 nitrogen and oxygen atoms in total. The van der Waals surface area contributed by atoms with Crippen LogP contribution in [0.2, 0.25) is 0 Å². The Balaban J connectivity index is 1.63. The molecule has 1 aliphatic rings. The number of nitriles is 1. The second kappa shape index (κ2) is 8.67. The van der Waals surface area contributed by atoms with Gasteiger partial charge in [0.2, 0.25) is 11.8 Å². The zero-order chi connectivity index (χ0) is 21.0. The molecule has 0 aromatic heterocycles. The number of anilines is 1. The van der Waals surface area contributed by atoms with Crippen LogP contribution in [0.25, 0.3) is 0 Å². The standard InChI is InChI=1S/C20H15BrN4O4/c21-13-5-6-14-15(9-13)20(29)25(19(14)28)11-18(27)23-10-12-3-1-2-4-16(12)24-17(26)7-8-22/h1-6,9H,7,10-11H2,(H,23,27)(H,24,26). The number of carbonyl (C=O) groups is 4. The molecule has 0 unspecified atom stereocenters. The number of nitrogens with one attached hydrogen (secondary N) is 2. The fourth-order valence-electron chi connectivity index (χ4n) is 2.86. The first kappa shape index (κ1) is 20.2. The Hall–Kier alpha value is -3.51. The van der Waals surface area contributed by atoms with Crippen LogP contribution in [0.1, 0.15) is 32.7 Å². The van der Waals surface area contributed by atoms with Crippen molar-refractivity contribution in [3.8, 4) is 6.07 Å². The summed E-state index contributed by atoms with van der Waals surface area (Å²) >= 11 is 3.26. The summed E-state index contributed by atoms with van der Waals surface area (Å²) < 4.78 is 0.666. The molecule has 0 saturated heterocycles. The smallest absolute Gasteiger partial charge is 0.262 e. The van der Waals surface area contributed by atoms with Gasteiger partial charge in [-0.3, -0.25) is 24.1 Å². The van der Waals surface area contributed by atoms with E-state index in [1.54, 1.807) is 42.5 Å². The summed E-state index contributed by atoms with van der Waals surface area (Å²) in [4.78, 5) is 49.7. The van der Waals surface area contributed by atoms with Crippen molar-refractivity contribution in [1.82, 2.24) is 10.2 Å². The Labute approximate surface area is 174 Å². The number of fused-ring (bicyclic) bond motifs is 1. The number of imide groups is 1. The number of carbonyl (C=O) groups excluding carboxylic acids is 4. The topological polar surface area (TPSA) is 119 Å². The number of benzene rings is 2. The van der Waals surface area contributed by atoms with E-state index < -0.39 is 30.2 Å². The zero-order valence-electron chi connectivity index (χ0n) is 15.1. The molecule has 0 bridgehead atoms. The highest BCUT2D eigenvalue weighted by atomic mass is 79.9. The molecule has 9 heteroatoms. The van der Waals surface area contributed by atoms with Crippen LogP contribution in [0, 0.1) is 11.3 Å². The van der Waals surface area contributed by atoms with Gasteiger partial charge in [-0.15, -0.1) is 0 Å².